The van der Waals surface area contributed by atoms with Gasteiger partial charge in [0.05, 0.1) is 17.5 Å². The Kier molecular flexibility index (Phi) is 6.16. The lowest BCUT2D eigenvalue weighted by atomic mass is 10.1. The lowest BCUT2D eigenvalue weighted by molar-refractivity contribution is -0.153. The number of hydrogen-bond donors (Lipinski definition) is 1. The third kappa shape index (κ3) is 5.34. The van der Waals surface area contributed by atoms with E-state index in [1.807, 2.05) is 13.0 Å². The number of nitrogens with zero attached hydrogens (tertiary/aromatic N) is 3. The van der Waals surface area contributed by atoms with Crippen LogP contribution < -0.4 is 10.1 Å². The Morgan fingerprint density at radius 1 is 1.21 bits per heavy atom. The lowest BCUT2D eigenvalue weighted by Gasteiger charge is -2.11. The third-order valence-electron chi connectivity index (χ3n) is 4.07. The van der Waals surface area contributed by atoms with Crippen molar-refractivity contribution in [1.82, 2.24) is 20.1 Å². The summed E-state index contributed by atoms with van der Waals surface area (Å²) in [5, 5.41) is 7.03. The first-order chi connectivity index (χ1) is 13.9. The Morgan fingerprint density at radius 3 is 2.72 bits per heavy atom. The van der Waals surface area contributed by atoms with Crippen molar-refractivity contribution in [3.05, 3.63) is 71.7 Å². The molecule has 9 heteroatoms. The first-order valence-corrected chi connectivity index (χ1v) is 8.92. The molecule has 0 saturated heterocycles. The number of amides is 1. The monoisotopic (exact) mass is 404 g/mol. The van der Waals surface area contributed by atoms with E-state index in [-0.39, 0.29) is 18.2 Å². The van der Waals surface area contributed by atoms with Crippen molar-refractivity contribution in [3.63, 3.8) is 0 Å². The summed E-state index contributed by atoms with van der Waals surface area (Å²) < 4.78 is 43.2. The van der Waals surface area contributed by atoms with Crippen molar-refractivity contribution in [2.24, 2.45) is 0 Å². The fraction of sp³-hybridized carbons (Fsp3) is 0.250. The molecule has 0 fully saturated rings. The zero-order valence-electron chi connectivity index (χ0n) is 15.6. The second-order valence-electron chi connectivity index (χ2n) is 6.19. The van der Waals surface area contributed by atoms with Gasteiger partial charge in [-0.1, -0.05) is 25.1 Å². The largest absolute Gasteiger partial charge is 0.484 e. The van der Waals surface area contributed by atoms with E-state index in [0.717, 1.165) is 0 Å². The molecule has 2 aromatic heterocycles. The van der Waals surface area contributed by atoms with Crippen molar-refractivity contribution in [1.29, 1.82) is 0 Å². The second-order valence-corrected chi connectivity index (χ2v) is 6.19. The number of aromatic nitrogens is 3. The molecule has 0 atom stereocenters. The number of hydrogen-bond acceptors (Lipinski definition) is 4. The summed E-state index contributed by atoms with van der Waals surface area (Å²) in [7, 11) is 0. The van der Waals surface area contributed by atoms with Gasteiger partial charge in [0.25, 0.3) is 5.91 Å². The van der Waals surface area contributed by atoms with Gasteiger partial charge >= 0.3 is 6.18 Å². The maximum absolute atomic E-state index is 12.6. The number of pyridine rings is 1. The van der Waals surface area contributed by atoms with E-state index in [1.54, 1.807) is 35.1 Å². The predicted molar refractivity (Wildman–Crippen MR) is 99.9 cm³/mol. The first kappa shape index (κ1) is 20.4. The van der Waals surface area contributed by atoms with Gasteiger partial charge in [-0.3, -0.25) is 4.79 Å². The van der Waals surface area contributed by atoms with Crippen LogP contribution in [0.4, 0.5) is 13.2 Å². The second kappa shape index (κ2) is 8.76. The van der Waals surface area contributed by atoms with Crippen LogP contribution in [-0.4, -0.2) is 33.5 Å². The molecule has 0 saturated carbocycles. The summed E-state index contributed by atoms with van der Waals surface area (Å²) in [6, 6.07) is 11.6. The third-order valence-corrected chi connectivity index (χ3v) is 4.07. The molecule has 0 aliphatic carbocycles. The van der Waals surface area contributed by atoms with Gasteiger partial charge in [0.15, 0.2) is 12.4 Å². The highest BCUT2D eigenvalue weighted by Gasteiger charge is 2.28. The van der Waals surface area contributed by atoms with Gasteiger partial charge < -0.3 is 10.1 Å². The van der Waals surface area contributed by atoms with E-state index < -0.39 is 12.8 Å². The summed E-state index contributed by atoms with van der Waals surface area (Å²) in [6.45, 7) is 0.685. The van der Waals surface area contributed by atoms with Crippen molar-refractivity contribution in [2.75, 3.05) is 6.61 Å². The molecule has 3 rings (SSSR count). The summed E-state index contributed by atoms with van der Waals surface area (Å²) in [6.07, 6.45) is -0.718. The number of carbonyl (C=O) groups excluding carboxylic acids is 1. The van der Waals surface area contributed by atoms with Gasteiger partial charge in [-0.15, -0.1) is 0 Å². The maximum Gasteiger partial charge on any atom is 0.422 e. The van der Waals surface area contributed by atoms with E-state index in [1.165, 1.54) is 18.3 Å². The topological polar surface area (TPSA) is 69.0 Å². The van der Waals surface area contributed by atoms with E-state index in [2.05, 4.69) is 15.4 Å². The van der Waals surface area contributed by atoms with Crippen LogP contribution in [0.2, 0.25) is 0 Å². The highest BCUT2D eigenvalue weighted by molar-refractivity contribution is 5.95. The molecular formula is C20H19F3N4O2. The van der Waals surface area contributed by atoms with E-state index in [9.17, 15) is 18.0 Å². The predicted octanol–water partition coefficient (Wildman–Crippen LogP) is 3.70. The van der Waals surface area contributed by atoms with Crippen LogP contribution in [0.5, 0.6) is 5.75 Å². The standard InChI is InChI=1S/C20H19F3N4O2/c1-2-17-16(12-26-27(17)18-8-3-4-9-24-18)19(28)25-11-14-6-5-7-15(10-14)29-13-20(21,22)23/h3-10,12H,2,11,13H2,1H3,(H,25,28). The SMILES string of the molecule is CCc1c(C(=O)NCc2cccc(OCC(F)(F)F)c2)cnn1-c1ccccn1. The molecule has 6 nitrogen and oxygen atoms in total. The quantitative estimate of drug-likeness (QED) is 0.652. The van der Waals surface area contributed by atoms with Crippen LogP contribution in [0.1, 0.15) is 28.5 Å². The van der Waals surface area contributed by atoms with E-state index >= 15 is 0 Å². The number of ether oxygens (including phenoxy) is 1. The molecule has 1 aromatic carbocycles. The van der Waals surface area contributed by atoms with Crippen molar-refractivity contribution < 1.29 is 22.7 Å². The van der Waals surface area contributed by atoms with Gasteiger partial charge in [-0.25, -0.2) is 9.67 Å². The minimum Gasteiger partial charge on any atom is -0.484 e. The van der Waals surface area contributed by atoms with Crippen molar-refractivity contribution in [3.8, 4) is 11.6 Å². The molecule has 0 bridgehead atoms. The number of nitrogens with one attached hydrogen (secondary N) is 1. The molecule has 0 spiro atoms. The van der Waals surface area contributed by atoms with Crippen LogP contribution in [0.15, 0.2) is 54.9 Å². The molecular weight excluding hydrogens is 385 g/mol. The van der Waals surface area contributed by atoms with Gasteiger partial charge in [0.2, 0.25) is 0 Å². The minimum atomic E-state index is -4.41. The van der Waals surface area contributed by atoms with Gasteiger partial charge in [-0.2, -0.15) is 18.3 Å². The Morgan fingerprint density at radius 2 is 2.03 bits per heavy atom. The van der Waals surface area contributed by atoms with Crippen molar-refractivity contribution in [2.45, 2.75) is 26.1 Å². The van der Waals surface area contributed by atoms with Gasteiger partial charge in [0, 0.05) is 12.7 Å². The fourth-order valence-electron chi connectivity index (χ4n) is 2.77. The molecule has 0 aliphatic rings. The Bertz CT molecular complexity index is 971. The number of halogens is 3. The summed E-state index contributed by atoms with van der Waals surface area (Å²) in [4.78, 5) is 16.9. The molecule has 1 amide bonds. The van der Waals surface area contributed by atoms with E-state index in [0.29, 0.717) is 29.1 Å². The highest BCUT2D eigenvalue weighted by atomic mass is 19.4. The van der Waals surface area contributed by atoms with Crippen molar-refractivity contribution >= 4 is 5.91 Å². The number of carbonyl (C=O) groups is 1. The average Bonchev–Trinajstić information content (AvgIpc) is 3.15. The number of rotatable bonds is 7. The molecule has 0 aliphatic heterocycles. The maximum atomic E-state index is 12.6. The Labute approximate surface area is 165 Å². The number of benzene rings is 1. The molecule has 152 valence electrons. The molecule has 2 heterocycles. The Balaban J connectivity index is 1.68. The average molecular weight is 404 g/mol. The molecule has 0 unspecified atom stereocenters. The van der Waals surface area contributed by atoms with Crippen LogP contribution in [0, 0.1) is 0 Å². The van der Waals surface area contributed by atoms with Crippen LogP contribution in [0.25, 0.3) is 5.82 Å². The molecule has 0 radical (unpaired) electrons. The number of alkyl halides is 3. The molecule has 1 N–H and O–H groups in total. The van der Waals surface area contributed by atoms with Crippen LogP contribution in [-0.2, 0) is 13.0 Å². The summed E-state index contributed by atoms with van der Waals surface area (Å²) in [5.41, 5.74) is 1.75. The normalized spacial score (nSPS) is 11.3. The molecule has 3 aromatic rings. The van der Waals surface area contributed by atoms with Crippen LogP contribution in [0.3, 0.4) is 0 Å². The zero-order chi connectivity index (χ0) is 20.9. The summed E-state index contributed by atoms with van der Waals surface area (Å²) >= 11 is 0. The molecule has 29 heavy (non-hydrogen) atoms. The van der Waals surface area contributed by atoms with Gasteiger partial charge in [0.1, 0.15) is 5.75 Å². The smallest absolute Gasteiger partial charge is 0.422 e. The highest BCUT2D eigenvalue weighted by Crippen LogP contribution is 2.20. The van der Waals surface area contributed by atoms with Crippen LogP contribution >= 0.6 is 0 Å². The lowest BCUT2D eigenvalue weighted by Crippen LogP contribution is -2.24. The zero-order valence-corrected chi connectivity index (χ0v) is 15.6. The van der Waals surface area contributed by atoms with E-state index in [4.69, 9.17) is 4.74 Å². The van der Waals surface area contributed by atoms with Gasteiger partial charge in [-0.05, 0) is 36.2 Å². The summed E-state index contributed by atoms with van der Waals surface area (Å²) in [5.74, 6) is 0.370. The minimum absolute atomic E-state index is 0.0892. The first-order valence-electron chi connectivity index (χ1n) is 8.92. The Hall–Kier alpha value is -3.36. The fourth-order valence-corrected chi connectivity index (χ4v) is 2.77.